The lowest BCUT2D eigenvalue weighted by Gasteiger charge is -2.18. The molecule has 6 nitrogen and oxygen atoms in total. The molecule has 0 spiro atoms. The molecule has 1 unspecified atom stereocenters. The second-order valence-electron chi connectivity index (χ2n) is 20.6. The van der Waals surface area contributed by atoms with Crippen LogP contribution >= 0.6 is 0 Å². The van der Waals surface area contributed by atoms with Gasteiger partial charge in [0, 0.05) is 19.3 Å². The molecule has 77 heavy (non-hydrogen) atoms. The standard InChI is InChI=1S/C71H116O6/c1-4-7-10-13-16-19-22-25-27-29-30-31-32-33-34-35-36-37-38-39-40-41-42-43-45-46-49-52-55-58-61-64-70(73)76-67-68(66-75-69(72)63-60-57-54-51-48-24-21-18-15-12-9-6-3)77-71(74)65-62-59-56-53-50-47-44-28-26-23-20-17-14-11-8-5-2/h7,10,16,18-21,23,25,27-28,30-31,33-34,36-37,39-40,42-44,68H,4-6,8-9,11-15,17,22,24,26,29,32,35,38,41,45-67H2,1-3H3/b10-7-,19-16-,21-18-,23-20-,27-25-,31-30-,34-33-,37-36-,40-39-,43-42-,44-28-. The molecule has 6 heteroatoms. The van der Waals surface area contributed by atoms with E-state index < -0.39 is 6.10 Å². The smallest absolute Gasteiger partial charge is 0.306 e. The van der Waals surface area contributed by atoms with Gasteiger partial charge in [-0.1, -0.05) is 251 Å². The first-order valence-electron chi connectivity index (χ1n) is 31.7. The predicted octanol–water partition coefficient (Wildman–Crippen LogP) is 21.8. The molecule has 436 valence electrons. The number of unbranched alkanes of at least 4 members (excludes halogenated alkanes) is 23. The lowest BCUT2D eigenvalue weighted by Crippen LogP contribution is -2.30. The van der Waals surface area contributed by atoms with Crippen LogP contribution in [0.15, 0.2) is 134 Å². The fourth-order valence-corrected chi connectivity index (χ4v) is 8.36. The number of carbonyl (C=O) groups is 3. The summed E-state index contributed by atoms with van der Waals surface area (Å²) in [4.78, 5) is 38.2. The van der Waals surface area contributed by atoms with Gasteiger partial charge in [-0.2, -0.15) is 0 Å². The summed E-state index contributed by atoms with van der Waals surface area (Å²) < 4.78 is 16.9. The summed E-state index contributed by atoms with van der Waals surface area (Å²) in [5.74, 6) is -0.933. The highest BCUT2D eigenvalue weighted by atomic mass is 16.6. The Labute approximate surface area is 475 Å². The van der Waals surface area contributed by atoms with Gasteiger partial charge in [0.05, 0.1) is 0 Å². The molecule has 0 aliphatic rings. The minimum atomic E-state index is -0.800. The summed E-state index contributed by atoms with van der Waals surface area (Å²) >= 11 is 0. The van der Waals surface area contributed by atoms with Gasteiger partial charge in [0.1, 0.15) is 13.2 Å². The zero-order valence-electron chi connectivity index (χ0n) is 49.9. The van der Waals surface area contributed by atoms with Crippen LogP contribution in [0.25, 0.3) is 0 Å². The number of allylic oxidation sites excluding steroid dienone is 22. The van der Waals surface area contributed by atoms with Gasteiger partial charge in [0.25, 0.3) is 0 Å². The van der Waals surface area contributed by atoms with Crippen molar-refractivity contribution in [1.82, 2.24) is 0 Å². The summed E-state index contributed by atoms with van der Waals surface area (Å²) in [6.07, 6.45) is 90.2. The zero-order chi connectivity index (χ0) is 55.7. The highest BCUT2D eigenvalue weighted by Crippen LogP contribution is 2.14. The van der Waals surface area contributed by atoms with E-state index in [1.165, 1.54) is 77.0 Å². The van der Waals surface area contributed by atoms with Gasteiger partial charge >= 0.3 is 17.9 Å². The third-order valence-corrected chi connectivity index (χ3v) is 13.1. The molecule has 0 aromatic rings. The molecule has 1 atom stereocenters. The third kappa shape index (κ3) is 62.3. The average Bonchev–Trinajstić information content (AvgIpc) is 3.43. The molecule has 0 saturated heterocycles. The SMILES string of the molecule is CC/C=C\C/C=C\C/C=C\C/C=C\C/C=C\C/C=C\C/C=C\C/C=C\CCCCCCCCC(=O)OCC(COC(=O)CCCCCCC/C=C\CCCCC)OC(=O)CCCCCCC/C=C\C/C=C\CCCCCC. The van der Waals surface area contributed by atoms with Crippen molar-refractivity contribution in [2.75, 3.05) is 13.2 Å². The van der Waals surface area contributed by atoms with E-state index in [0.29, 0.717) is 19.3 Å². The maximum Gasteiger partial charge on any atom is 0.306 e. The van der Waals surface area contributed by atoms with E-state index in [9.17, 15) is 14.4 Å². The Morgan fingerprint density at radius 1 is 0.273 bits per heavy atom. The van der Waals surface area contributed by atoms with Crippen LogP contribution in [-0.4, -0.2) is 37.2 Å². The van der Waals surface area contributed by atoms with E-state index in [-0.39, 0.29) is 31.1 Å². The Kier molecular flexibility index (Phi) is 60.4. The first-order valence-corrected chi connectivity index (χ1v) is 31.7. The van der Waals surface area contributed by atoms with E-state index in [2.05, 4.69) is 154 Å². The van der Waals surface area contributed by atoms with E-state index in [1.807, 2.05) is 0 Å². The molecule has 0 bridgehead atoms. The van der Waals surface area contributed by atoms with E-state index in [1.54, 1.807) is 0 Å². The fourth-order valence-electron chi connectivity index (χ4n) is 8.36. The zero-order valence-corrected chi connectivity index (χ0v) is 49.9. The number of hydrogen-bond acceptors (Lipinski definition) is 6. The lowest BCUT2D eigenvalue weighted by atomic mass is 10.1. The summed E-state index contributed by atoms with van der Waals surface area (Å²) in [7, 11) is 0. The van der Waals surface area contributed by atoms with Gasteiger partial charge in [-0.25, -0.2) is 0 Å². The van der Waals surface area contributed by atoms with Crippen molar-refractivity contribution >= 4 is 17.9 Å². The first-order chi connectivity index (χ1) is 38.0. The molecule has 0 rings (SSSR count). The van der Waals surface area contributed by atoms with Crippen LogP contribution in [0.1, 0.15) is 278 Å². The summed E-state index contributed by atoms with van der Waals surface area (Å²) in [6, 6.07) is 0. The number of ether oxygens (including phenoxy) is 3. The molecular weight excluding hydrogens is 949 g/mol. The predicted molar refractivity (Wildman–Crippen MR) is 334 cm³/mol. The number of carbonyl (C=O) groups excluding carboxylic acids is 3. The molecule has 0 amide bonds. The summed E-state index contributed by atoms with van der Waals surface area (Å²) in [5, 5.41) is 0. The van der Waals surface area contributed by atoms with Crippen LogP contribution < -0.4 is 0 Å². The normalized spacial score (nSPS) is 13.0. The average molecular weight is 1070 g/mol. The van der Waals surface area contributed by atoms with Crippen LogP contribution in [0, 0.1) is 0 Å². The van der Waals surface area contributed by atoms with Crippen LogP contribution in [0.2, 0.25) is 0 Å². The highest BCUT2D eigenvalue weighted by molar-refractivity contribution is 5.71. The summed E-state index contributed by atoms with van der Waals surface area (Å²) in [6.45, 7) is 6.45. The van der Waals surface area contributed by atoms with Crippen molar-refractivity contribution in [2.24, 2.45) is 0 Å². The van der Waals surface area contributed by atoms with Gasteiger partial charge in [-0.05, 0) is 141 Å². The van der Waals surface area contributed by atoms with Gasteiger partial charge in [0.15, 0.2) is 6.10 Å². The Hall–Kier alpha value is -4.45. The maximum atomic E-state index is 12.9. The van der Waals surface area contributed by atoms with Crippen molar-refractivity contribution in [3.63, 3.8) is 0 Å². The Morgan fingerprint density at radius 3 is 0.831 bits per heavy atom. The molecule has 0 heterocycles. The lowest BCUT2D eigenvalue weighted by molar-refractivity contribution is -0.167. The van der Waals surface area contributed by atoms with E-state index >= 15 is 0 Å². The van der Waals surface area contributed by atoms with Gasteiger partial charge < -0.3 is 14.2 Å². The van der Waals surface area contributed by atoms with Gasteiger partial charge in [-0.3, -0.25) is 14.4 Å². The molecule has 0 aromatic heterocycles. The second kappa shape index (κ2) is 64.1. The van der Waals surface area contributed by atoms with Crippen molar-refractivity contribution in [2.45, 2.75) is 284 Å². The van der Waals surface area contributed by atoms with Crippen molar-refractivity contribution in [3.8, 4) is 0 Å². The second-order valence-corrected chi connectivity index (χ2v) is 20.6. The fraction of sp³-hybridized carbons (Fsp3) is 0.648. The first kappa shape index (κ1) is 72.5. The van der Waals surface area contributed by atoms with Crippen molar-refractivity contribution < 1.29 is 28.6 Å². The molecule has 0 radical (unpaired) electrons. The third-order valence-electron chi connectivity index (χ3n) is 13.1. The minimum Gasteiger partial charge on any atom is -0.462 e. The largest absolute Gasteiger partial charge is 0.462 e. The van der Waals surface area contributed by atoms with Crippen LogP contribution in [0.5, 0.6) is 0 Å². The quantitative estimate of drug-likeness (QED) is 0.0261. The van der Waals surface area contributed by atoms with E-state index in [0.717, 1.165) is 161 Å². The Balaban J connectivity index is 4.34. The van der Waals surface area contributed by atoms with Gasteiger partial charge in [0.2, 0.25) is 0 Å². The Bertz CT molecular complexity index is 1650. The molecule has 0 aliphatic heterocycles. The number of rotatable bonds is 56. The van der Waals surface area contributed by atoms with Gasteiger partial charge in [-0.15, -0.1) is 0 Å². The molecule has 0 saturated carbocycles. The highest BCUT2D eigenvalue weighted by Gasteiger charge is 2.19. The van der Waals surface area contributed by atoms with Crippen molar-refractivity contribution in [1.29, 1.82) is 0 Å². The Morgan fingerprint density at radius 2 is 0.506 bits per heavy atom. The number of esters is 3. The molecule has 0 fully saturated rings. The maximum absolute atomic E-state index is 12.9. The molecular formula is C71H116O6. The van der Waals surface area contributed by atoms with E-state index in [4.69, 9.17) is 14.2 Å². The van der Waals surface area contributed by atoms with Crippen molar-refractivity contribution in [3.05, 3.63) is 134 Å². The summed E-state index contributed by atoms with van der Waals surface area (Å²) in [5.41, 5.74) is 0. The topological polar surface area (TPSA) is 78.9 Å². The minimum absolute atomic E-state index is 0.0956. The monoisotopic (exact) mass is 1060 g/mol. The molecule has 0 aromatic carbocycles. The van der Waals surface area contributed by atoms with Crippen LogP contribution in [0.4, 0.5) is 0 Å². The molecule has 0 N–H and O–H groups in total. The number of hydrogen-bond donors (Lipinski definition) is 0. The van der Waals surface area contributed by atoms with Crippen LogP contribution in [0.3, 0.4) is 0 Å². The molecule has 0 aliphatic carbocycles. The van der Waals surface area contributed by atoms with Crippen LogP contribution in [-0.2, 0) is 28.6 Å².